The maximum Gasteiger partial charge on any atom is 0.231 e. The largest absolute Gasteiger partial charge is 0.467 e. The lowest BCUT2D eigenvalue weighted by Gasteiger charge is -2.43. The second-order valence-electron chi connectivity index (χ2n) is 9.54. The Balaban J connectivity index is 1.24. The predicted molar refractivity (Wildman–Crippen MR) is 116 cm³/mol. The Kier molecular flexibility index (Phi) is 3.92. The van der Waals surface area contributed by atoms with Gasteiger partial charge >= 0.3 is 0 Å². The Bertz CT molecular complexity index is 1250. The van der Waals surface area contributed by atoms with Gasteiger partial charge in [-0.3, -0.25) is 14.4 Å². The maximum absolute atomic E-state index is 13.9. The highest BCUT2D eigenvalue weighted by Crippen LogP contribution is 2.60. The van der Waals surface area contributed by atoms with Gasteiger partial charge in [-0.1, -0.05) is 19.1 Å². The summed E-state index contributed by atoms with van der Waals surface area (Å²) in [6.45, 7) is 1.98. The first-order valence-electron chi connectivity index (χ1n) is 11.4. The number of rotatable bonds is 3. The number of ketones is 1. The molecule has 9 heteroatoms. The van der Waals surface area contributed by atoms with E-state index < -0.39 is 41.5 Å². The number of Topliss-reactive ketones (excluding diaryl/α,β-unsaturated/α-hetero) is 1. The number of amides is 2. The second-order valence-corrected chi connectivity index (χ2v) is 9.54. The normalized spacial score (nSPS) is 36.7. The molecule has 2 amide bonds. The van der Waals surface area contributed by atoms with Gasteiger partial charge in [0.1, 0.15) is 17.1 Å². The van der Waals surface area contributed by atoms with E-state index in [0.29, 0.717) is 22.9 Å². The van der Waals surface area contributed by atoms with E-state index in [4.69, 9.17) is 18.6 Å². The van der Waals surface area contributed by atoms with E-state index in [-0.39, 0.29) is 30.8 Å². The van der Waals surface area contributed by atoms with Gasteiger partial charge in [0.25, 0.3) is 0 Å². The molecule has 34 heavy (non-hydrogen) atoms. The van der Waals surface area contributed by atoms with Gasteiger partial charge in [-0.25, -0.2) is 0 Å². The minimum absolute atomic E-state index is 0.0548. The summed E-state index contributed by atoms with van der Waals surface area (Å²) in [5, 5.41) is 2.92. The van der Waals surface area contributed by atoms with Gasteiger partial charge in [0, 0.05) is 24.1 Å². The molecule has 7 atom stereocenters. The highest BCUT2D eigenvalue weighted by Gasteiger charge is 2.74. The molecule has 1 aromatic carbocycles. The molecule has 5 aliphatic heterocycles. The van der Waals surface area contributed by atoms with Gasteiger partial charge in [0.15, 0.2) is 11.5 Å². The molecule has 0 radical (unpaired) electrons. The number of fused-ring (bicyclic) bond motifs is 3. The fourth-order valence-corrected chi connectivity index (χ4v) is 6.46. The van der Waals surface area contributed by atoms with Gasteiger partial charge in [-0.2, -0.15) is 0 Å². The molecule has 2 bridgehead atoms. The summed E-state index contributed by atoms with van der Waals surface area (Å²) in [4.78, 5) is 42.2. The van der Waals surface area contributed by atoms with Crippen molar-refractivity contribution in [3.05, 3.63) is 54.5 Å². The fourth-order valence-electron chi connectivity index (χ4n) is 6.46. The van der Waals surface area contributed by atoms with Crippen molar-refractivity contribution in [1.29, 1.82) is 0 Å². The third-order valence-corrected chi connectivity index (χ3v) is 7.89. The molecule has 5 aliphatic rings. The quantitative estimate of drug-likeness (QED) is 0.698. The van der Waals surface area contributed by atoms with Crippen LogP contribution in [0.2, 0.25) is 0 Å². The highest BCUT2D eigenvalue weighted by atomic mass is 16.7. The van der Waals surface area contributed by atoms with Crippen molar-refractivity contribution in [3.8, 4) is 11.5 Å². The number of hydrogen-bond acceptors (Lipinski definition) is 7. The first-order valence-corrected chi connectivity index (χ1v) is 11.4. The zero-order chi connectivity index (χ0) is 23.2. The molecular formula is C25H22N2O7. The number of piperidine rings is 1. The first kappa shape index (κ1) is 19.8. The Labute approximate surface area is 194 Å². The van der Waals surface area contributed by atoms with Gasteiger partial charge in [0.2, 0.25) is 18.6 Å². The number of carbonyl (C=O) groups excluding carboxylic acids is 3. The molecule has 7 rings (SSSR count). The van der Waals surface area contributed by atoms with Crippen molar-refractivity contribution in [2.45, 2.75) is 37.1 Å². The maximum atomic E-state index is 13.9. The van der Waals surface area contributed by atoms with Gasteiger partial charge < -0.3 is 28.8 Å². The topological polar surface area (TPSA) is 107 Å². The summed E-state index contributed by atoms with van der Waals surface area (Å²) < 4.78 is 22.7. The van der Waals surface area contributed by atoms with Crippen LogP contribution in [0.25, 0.3) is 0 Å². The Morgan fingerprint density at radius 1 is 1.18 bits per heavy atom. The van der Waals surface area contributed by atoms with E-state index in [1.165, 1.54) is 6.26 Å². The van der Waals surface area contributed by atoms with E-state index in [9.17, 15) is 14.4 Å². The molecule has 3 saturated heterocycles. The monoisotopic (exact) mass is 462 g/mol. The lowest BCUT2D eigenvalue weighted by Crippen LogP contribution is -2.55. The van der Waals surface area contributed by atoms with Crippen LogP contribution in [0.15, 0.2) is 53.2 Å². The third-order valence-electron chi connectivity index (χ3n) is 7.89. The lowest BCUT2D eigenvalue weighted by molar-refractivity contribution is -0.147. The molecule has 9 nitrogen and oxygen atoms in total. The number of hydrogen-bond donors (Lipinski definition) is 1. The van der Waals surface area contributed by atoms with Crippen molar-refractivity contribution in [3.63, 3.8) is 0 Å². The van der Waals surface area contributed by atoms with Crippen molar-refractivity contribution in [1.82, 2.24) is 4.90 Å². The summed E-state index contributed by atoms with van der Waals surface area (Å²) in [6, 6.07) is 7.69. The molecule has 174 valence electrons. The predicted octanol–water partition coefficient (Wildman–Crippen LogP) is 2.45. The van der Waals surface area contributed by atoms with E-state index in [1.54, 1.807) is 35.2 Å². The average Bonchev–Trinajstić information content (AvgIpc) is 3.64. The molecule has 3 fully saturated rings. The molecular weight excluding hydrogens is 440 g/mol. The van der Waals surface area contributed by atoms with E-state index >= 15 is 0 Å². The number of carbonyl (C=O) groups is 3. The first-order chi connectivity index (χ1) is 16.5. The second kappa shape index (κ2) is 6.73. The molecule has 1 aromatic heterocycles. The minimum Gasteiger partial charge on any atom is -0.467 e. The van der Waals surface area contributed by atoms with Crippen LogP contribution in [0.4, 0.5) is 5.69 Å². The van der Waals surface area contributed by atoms with E-state index in [2.05, 4.69) is 5.32 Å². The van der Waals surface area contributed by atoms with Crippen LogP contribution in [-0.4, -0.2) is 47.0 Å². The van der Waals surface area contributed by atoms with Crippen LogP contribution in [-0.2, 0) is 19.1 Å². The number of furan rings is 1. The van der Waals surface area contributed by atoms with Crippen LogP contribution < -0.4 is 14.8 Å². The van der Waals surface area contributed by atoms with Crippen LogP contribution in [0.1, 0.15) is 25.1 Å². The smallest absolute Gasteiger partial charge is 0.231 e. The summed E-state index contributed by atoms with van der Waals surface area (Å²) in [5.74, 6) is -0.534. The Hall–Kier alpha value is -3.59. The molecule has 0 saturated carbocycles. The summed E-state index contributed by atoms with van der Waals surface area (Å²) in [7, 11) is 0. The number of anilines is 1. The summed E-state index contributed by atoms with van der Waals surface area (Å²) in [5.41, 5.74) is -0.464. The average molecular weight is 462 g/mol. The van der Waals surface area contributed by atoms with Crippen molar-refractivity contribution >= 4 is 23.3 Å². The summed E-state index contributed by atoms with van der Waals surface area (Å²) >= 11 is 0. The zero-order valence-corrected chi connectivity index (χ0v) is 18.3. The van der Waals surface area contributed by atoms with E-state index in [1.807, 2.05) is 19.1 Å². The van der Waals surface area contributed by atoms with Crippen LogP contribution in [0, 0.1) is 17.8 Å². The molecule has 6 heterocycles. The zero-order valence-electron chi connectivity index (χ0n) is 18.3. The van der Waals surface area contributed by atoms with Crippen LogP contribution in [0.5, 0.6) is 11.5 Å². The van der Waals surface area contributed by atoms with E-state index in [0.717, 1.165) is 0 Å². The lowest BCUT2D eigenvalue weighted by atomic mass is 9.70. The van der Waals surface area contributed by atoms with Crippen LogP contribution in [0.3, 0.4) is 0 Å². The Morgan fingerprint density at radius 2 is 2.03 bits per heavy atom. The minimum atomic E-state index is -1.01. The fraction of sp³-hybridized carbons (Fsp3) is 0.400. The third kappa shape index (κ3) is 2.45. The van der Waals surface area contributed by atoms with Crippen molar-refractivity contribution < 1.29 is 33.0 Å². The van der Waals surface area contributed by atoms with Gasteiger partial charge in [0.05, 0.1) is 36.3 Å². The number of nitrogens with one attached hydrogen (secondary N) is 1. The van der Waals surface area contributed by atoms with Crippen LogP contribution >= 0.6 is 0 Å². The van der Waals surface area contributed by atoms with Crippen molar-refractivity contribution in [2.24, 2.45) is 17.8 Å². The summed E-state index contributed by atoms with van der Waals surface area (Å²) in [6.07, 6.45) is 4.93. The SMILES string of the molecule is CC1C(=O)CC(c2ccco2)N2C(=O)C3C(C(=O)Nc4ccc5c(c4)OCO5)C4C=CC3(O4)C12. The highest BCUT2D eigenvalue weighted by molar-refractivity contribution is 6.01. The molecule has 1 N–H and O–H groups in total. The molecule has 7 unspecified atom stereocenters. The van der Waals surface area contributed by atoms with Gasteiger partial charge in [-0.05, 0) is 24.3 Å². The van der Waals surface area contributed by atoms with Gasteiger partial charge in [-0.15, -0.1) is 0 Å². The number of benzene rings is 1. The molecule has 0 aliphatic carbocycles. The van der Waals surface area contributed by atoms with Crippen molar-refractivity contribution in [2.75, 3.05) is 12.1 Å². The Morgan fingerprint density at radius 3 is 2.85 bits per heavy atom. The standard InChI is InChI=1S/C25H22N2O7/c1-12-15(28)10-14(16-3-2-8-31-16)27-22(12)25-7-6-18(34-25)20(21(25)24(27)30)23(29)26-13-4-5-17-19(9-13)33-11-32-17/h2-9,12,14,18,20-22H,10-11H2,1H3,(H,26,29). The molecule has 1 spiro atoms. The number of nitrogens with zero attached hydrogens (tertiary/aromatic N) is 1. The molecule has 2 aromatic rings. The number of ether oxygens (including phenoxy) is 3.